The molecule has 0 aliphatic heterocycles. The van der Waals surface area contributed by atoms with Crippen LogP contribution in [0.2, 0.25) is 0 Å². The fraction of sp³-hybridized carbons (Fsp3) is 0.125. The van der Waals surface area contributed by atoms with Crippen molar-refractivity contribution in [1.29, 1.82) is 0 Å². The first-order chi connectivity index (χ1) is 6.38. The molecular formula is C8H4F3O3. The van der Waals surface area contributed by atoms with Crippen LogP contribution in [0.5, 0.6) is 5.75 Å². The van der Waals surface area contributed by atoms with Gasteiger partial charge in [-0.05, 0) is 24.3 Å². The van der Waals surface area contributed by atoms with Gasteiger partial charge in [0.1, 0.15) is 5.75 Å². The van der Waals surface area contributed by atoms with Gasteiger partial charge in [0.15, 0.2) is 0 Å². The SMILES string of the molecule is [O]C(=O)c1ccc(OC(F)(F)F)cc1. The van der Waals surface area contributed by atoms with E-state index in [4.69, 9.17) is 0 Å². The Morgan fingerprint density at radius 1 is 1.14 bits per heavy atom. The minimum atomic E-state index is -4.77. The quantitative estimate of drug-likeness (QED) is 0.742. The normalized spacial score (nSPS) is 11.1. The molecule has 0 fully saturated rings. The van der Waals surface area contributed by atoms with Gasteiger partial charge in [-0.25, -0.2) is 9.90 Å². The molecule has 1 aromatic carbocycles. The van der Waals surface area contributed by atoms with Crippen LogP contribution >= 0.6 is 0 Å². The lowest BCUT2D eigenvalue weighted by atomic mass is 10.2. The standard InChI is InChI=1S/C8H4F3O3/c9-8(10,11)14-6-3-1-5(2-4-6)7(12)13/h1-4H. The fourth-order valence-electron chi connectivity index (χ4n) is 0.793. The molecule has 1 rings (SSSR count). The first kappa shape index (κ1) is 10.4. The summed E-state index contributed by atoms with van der Waals surface area (Å²) in [5.74, 6) is -1.92. The number of benzene rings is 1. The third kappa shape index (κ3) is 2.96. The van der Waals surface area contributed by atoms with E-state index in [-0.39, 0.29) is 5.56 Å². The molecule has 0 amide bonds. The van der Waals surface area contributed by atoms with E-state index in [0.29, 0.717) is 0 Å². The van der Waals surface area contributed by atoms with Crippen LogP contribution in [0.25, 0.3) is 0 Å². The Morgan fingerprint density at radius 2 is 1.64 bits per heavy atom. The van der Waals surface area contributed by atoms with Gasteiger partial charge in [0.2, 0.25) is 0 Å². The first-order valence-electron chi connectivity index (χ1n) is 3.45. The van der Waals surface area contributed by atoms with Gasteiger partial charge in [0.25, 0.3) is 0 Å². The summed E-state index contributed by atoms with van der Waals surface area (Å²) < 4.78 is 38.5. The summed E-state index contributed by atoms with van der Waals surface area (Å²) in [6, 6.07) is 3.74. The number of carbonyl (C=O) groups excluding carboxylic acids is 1. The van der Waals surface area contributed by atoms with Gasteiger partial charge in [0.05, 0.1) is 5.56 Å². The van der Waals surface area contributed by atoms with Crippen LogP contribution < -0.4 is 4.74 Å². The Bertz CT molecular complexity index is 329. The highest BCUT2D eigenvalue weighted by Gasteiger charge is 2.31. The Balaban J connectivity index is 2.79. The van der Waals surface area contributed by atoms with E-state index in [1.807, 2.05) is 0 Å². The molecule has 0 aromatic heterocycles. The molecule has 0 aliphatic carbocycles. The third-order valence-electron chi connectivity index (χ3n) is 1.32. The van der Waals surface area contributed by atoms with Crippen LogP contribution in [0.4, 0.5) is 13.2 Å². The highest BCUT2D eigenvalue weighted by molar-refractivity contribution is 5.87. The average Bonchev–Trinajstić information content (AvgIpc) is 2.02. The van der Waals surface area contributed by atoms with Gasteiger partial charge >= 0.3 is 12.3 Å². The number of halogens is 3. The summed E-state index contributed by atoms with van der Waals surface area (Å²) in [6.07, 6.45) is -4.77. The second-order valence-electron chi connectivity index (χ2n) is 2.36. The molecule has 1 aromatic rings. The maximum Gasteiger partial charge on any atom is 0.573 e. The minimum Gasteiger partial charge on any atom is -0.406 e. The Labute approximate surface area is 76.7 Å². The average molecular weight is 205 g/mol. The number of hydrogen-bond donors (Lipinski definition) is 0. The van der Waals surface area contributed by atoms with Crippen LogP contribution in [0.3, 0.4) is 0 Å². The van der Waals surface area contributed by atoms with Crippen molar-refractivity contribution in [1.82, 2.24) is 0 Å². The molecule has 0 heterocycles. The Hall–Kier alpha value is -1.72. The topological polar surface area (TPSA) is 46.2 Å². The zero-order valence-electron chi connectivity index (χ0n) is 6.67. The number of alkyl halides is 3. The summed E-state index contributed by atoms with van der Waals surface area (Å²) in [7, 11) is 0. The maximum absolute atomic E-state index is 11.6. The van der Waals surface area contributed by atoms with Crippen LogP contribution in [0, 0.1) is 0 Å². The van der Waals surface area contributed by atoms with E-state index < -0.39 is 18.1 Å². The van der Waals surface area contributed by atoms with Crippen LogP contribution in [-0.4, -0.2) is 12.3 Å². The van der Waals surface area contributed by atoms with Crippen molar-refractivity contribution in [2.24, 2.45) is 0 Å². The molecule has 14 heavy (non-hydrogen) atoms. The van der Waals surface area contributed by atoms with E-state index >= 15 is 0 Å². The van der Waals surface area contributed by atoms with Gasteiger partial charge in [-0.15, -0.1) is 13.2 Å². The van der Waals surface area contributed by atoms with Crippen molar-refractivity contribution in [2.45, 2.75) is 6.36 Å². The lowest BCUT2D eigenvalue weighted by Gasteiger charge is -2.07. The summed E-state index contributed by atoms with van der Waals surface area (Å²) in [5, 5.41) is 10.2. The molecular weight excluding hydrogens is 201 g/mol. The van der Waals surface area contributed by atoms with Gasteiger partial charge in [0, 0.05) is 0 Å². The second-order valence-corrected chi connectivity index (χ2v) is 2.36. The van der Waals surface area contributed by atoms with Crippen molar-refractivity contribution in [3.63, 3.8) is 0 Å². The van der Waals surface area contributed by atoms with Crippen LogP contribution in [0.15, 0.2) is 24.3 Å². The van der Waals surface area contributed by atoms with Crippen molar-refractivity contribution >= 4 is 5.97 Å². The zero-order valence-corrected chi connectivity index (χ0v) is 6.67. The molecule has 0 spiro atoms. The van der Waals surface area contributed by atoms with Gasteiger partial charge in [-0.2, -0.15) is 0 Å². The summed E-state index contributed by atoms with van der Waals surface area (Å²) in [5.41, 5.74) is -0.209. The predicted molar refractivity (Wildman–Crippen MR) is 38.1 cm³/mol. The van der Waals surface area contributed by atoms with E-state index in [9.17, 15) is 23.1 Å². The van der Waals surface area contributed by atoms with Crippen molar-refractivity contribution in [2.75, 3.05) is 0 Å². The molecule has 0 aliphatic rings. The lowest BCUT2D eigenvalue weighted by Crippen LogP contribution is -2.17. The Morgan fingerprint density at radius 3 is 2.00 bits per heavy atom. The number of rotatable bonds is 2. The molecule has 0 atom stereocenters. The van der Waals surface area contributed by atoms with E-state index in [1.54, 1.807) is 0 Å². The highest BCUT2D eigenvalue weighted by atomic mass is 19.4. The first-order valence-corrected chi connectivity index (χ1v) is 3.45. The lowest BCUT2D eigenvalue weighted by molar-refractivity contribution is -0.274. The molecule has 0 unspecified atom stereocenters. The fourth-order valence-corrected chi connectivity index (χ4v) is 0.793. The zero-order chi connectivity index (χ0) is 10.8. The third-order valence-corrected chi connectivity index (χ3v) is 1.32. The van der Waals surface area contributed by atoms with E-state index in [2.05, 4.69) is 4.74 Å². The number of hydrogen-bond acceptors (Lipinski definition) is 2. The van der Waals surface area contributed by atoms with Gasteiger partial charge < -0.3 is 4.74 Å². The largest absolute Gasteiger partial charge is 0.573 e. The molecule has 1 radical (unpaired) electrons. The summed E-state index contributed by atoms with van der Waals surface area (Å²) in [6.45, 7) is 0. The van der Waals surface area contributed by atoms with Crippen molar-refractivity contribution in [3.8, 4) is 5.75 Å². The van der Waals surface area contributed by atoms with Crippen molar-refractivity contribution in [3.05, 3.63) is 29.8 Å². The molecule has 3 nitrogen and oxygen atoms in total. The summed E-state index contributed by atoms with van der Waals surface area (Å²) >= 11 is 0. The van der Waals surface area contributed by atoms with Crippen molar-refractivity contribution < 1.29 is 27.8 Å². The van der Waals surface area contributed by atoms with Crippen LogP contribution in [0.1, 0.15) is 10.4 Å². The minimum absolute atomic E-state index is 0.209. The second kappa shape index (κ2) is 3.57. The van der Waals surface area contributed by atoms with Gasteiger partial charge in [-0.1, -0.05) is 0 Å². The molecule has 0 saturated heterocycles. The molecule has 75 valence electrons. The summed E-state index contributed by atoms with van der Waals surface area (Å²) in [4.78, 5) is 10.2. The highest BCUT2D eigenvalue weighted by Crippen LogP contribution is 2.22. The number of carbonyl (C=O) groups is 1. The van der Waals surface area contributed by atoms with Gasteiger partial charge in [-0.3, -0.25) is 0 Å². The van der Waals surface area contributed by atoms with E-state index in [0.717, 1.165) is 24.3 Å². The molecule has 0 saturated carbocycles. The van der Waals surface area contributed by atoms with E-state index in [1.165, 1.54) is 0 Å². The predicted octanol–water partition coefficient (Wildman–Crippen LogP) is 2.16. The Kier molecular flexibility index (Phi) is 2.64. The molecule has 0 N–H and O–H groups in total. The number of ether oxygens (including phenoxy) is 1. The molecule has 0 bridgehead atoms. The molecule has 6 heteroatoms. The monoisotopic (exact) mass is 205 g/mol. The maximum atomic E-state index is 11.6. The van der Waals surface area contributed by atoms with Crippen LogP contribution in [-0.2, 0) is 5.11 Å². The smallest absolute Gasteiger partial charge is 0.406 e.